The third kappa shape index (κ3) is 3.29. The second kappa shape index (κ2) is 4.37. The van der Waals surface area contributed by atoms with Crippen LogP contribution in [0, 0.1) is 5.41 Å². The molecule has 1 radical (unpaired) electrons. The van der Waals surface area contributed by atoms with Gasteiger partial charge in [-0.15, -0.1) is 23.2 Å². The van der Waals surface area contributed by atoms with Crippen molar-refractivity contribution < 1.29 is 5.11 Å². The molecule has 0 bridgehead atoms. The molecule has 0 aromatic heterocycles. The smallest absolute Gasteiger partial charge is 0.0828 e. The summed E-state index contributed by atoms with van der Waals surface area (Å²) in [6.07, 6.45) is 0.569. The van der Waals surface area contributed by atoms with Gasteiger partial charge in [0.15, 0.2) is 0 Å². The van der Waals surface area contributed by atoms with Crippen LogP contribution >= 0.6 is 23.2 Å². The zero-order valence-electron chi connectivity index (χ0n) is 5.49. The van der Waals surface area contributed by atoms with E-state index in [1.54, 1.807) is 0 Å². The third-order valence-electron chi connectivity index (χ3n) is 1.35. The molecule has 0 saturated carbocycles. The Kier molecular flexibility index (Phi) is 4.63. The Hall–Kier alpha value is 0.540. The molecule has 0 aliphatic carbocycles. The van der Waals surface area contributed by atoms with E-state index in [-0.39, 0.29) is 12.0 Å². The maximum atomic E-state index is 10.1. The molecular weight excluding hydrogens is 159 g/mol. The van der Waals surface area contributed by atoms with Gasteiger partial charge in [0.25, 0.3) is 0 Å². The van der Waals surface area contributed by atoms with Gasteiger partial charge in [0.1, 0.15) is 0 Å². The molecule has 0 aliphatic rings. The van der Waals surface area contributed by atoms with Gasteiger partial charge >= 0.3 is 0 Å². The minimum atomic E-state index is -0.148. The van der Waals surface area contributed by atoms with E-state index in [2.05, 4.69) is 0 Å². The van der Waals surface area contributed by atoms with Gasteiger partial charge in [0, 0.05) is 11.8 Å². The summed E-state index contributed by atoms with van der Waals surface area (Å²) < 4.78 is 0. The van der Waals surface area contributed by atoms with Crippen molar-refractivity contribution >= 4 is 23.2 Å². The van der Waals surface area contributed by atoms with Gasteiger partial charge in [0.05, 0.1) is 6.61 Å². The molecule has 0 fully saturated rings. The summed E-state index contributed by atoms with van der Waals surface area (Å²) in [6, 6.07) is 0. The van der Waals surface area contributed by atoms with Crippen molar-refractivity contribution in [2.45, 2.75) is 13.3 Å². The first kappa shape index (κ1) is 9.54. The molecule has 0 atom stereocenters. The van der Waals surface area contributed by atoms with Crippen LogP contribution in [-0.4, -0.2) is 18.4 Å². The fourth-order valence-corrected chi connectivity index (χ4v) is 0.969. The second-order valence-electron chi connectivity index (χ2n) is 2.53. The van der Waals surface area contributed by atoms with Crippen LogP contribution in [0.1, 0.15) is 13.3 Å². The third-order valence-corrected chi connectivity index (χ3v) is 2.64. The largest absolute Gasteiger partial charge is 0.237 e. The summed E-state index contributed by atoms with van der Waals surface area (Å²) in [5, 5.41) is 10.1. The van der Waals surface area contributed by atoms with E-state index in [4.69, 9.17) is 23.2 Å². The van der Waals surface area contributed by atoms with Gasteiger partial charge in [-0.1, -0.05) is 6.92 Å². The monoisotopic (exact) mass is 169 g/mol. The van der Waals surface area contributed by atoms with E-state index in [9.17, 15) is 5.11 Å². The predicted octanol–water partition coefficient (Wildman–Crippen LogP) is 2.29. The molecular formula is C6H11Cl2O. The molecule has 0 rings (SSSR count). The average Bonchev–Trinajstić information content (AvgIpc) is 1.89. The van der Waals surface area contributed by atoms with E-state index in [0.717, 1.165) is 0 Å². The lowest BCUT2D eigenvalue weighted by Crippen LogP contribution is -2.21. The Labute approximate surface area is 66.0 Å². The van der Waals surface area contributed by atoms with Crippen molar-refractivity contribution in [1.29, 1.82) is 0 Å². The standard InChI is InChI=1S/C6H11Cl2O/c1-6(4-7,5-8)2-3-9/h2-5H2,1H3. The minimum absolute atomic E-state index is 0.0874. The van der Waals surface area contributed by atoms with Crippen LogP contribution in [0.4, 0.5) is 0 Å². The molecule has 3 heteroatoms. The predicted molar refractivity (Wildman–Crippen MR) is 39.7 cm³/mol. The first-order valence-electron chi connectivity index (χ1n) is 2.88. The molecule has 0 N–H and O–H groups in total. The SMILES string of the molecule is CC(CCl)(CCl)CC[O]. The van der Waals surface area contributed by atoms with Crippen LogP contribution < -0.4 is 0 Å². The highest BCUT2D eigenvalue weighted by molar-refractivity contribution is 6.21. The van der Waals surface area contributed by atoms with Crippen LogP contribution in [0.25, 0.3) is 0 Å². The van der Waals surface area contributed by atoms with Crippen LogP contribution in [0.5, 0.6) is 0 Å². The molecule has 0 amide bonds. The Balaban J connectivity index is 3.62. The molecule has 9 heavy (non-hydrogen) atoms. The van der Waals surface area contributed by atoms with Gasteiger partial charge in [0.2, 0.25) is 0 Å². The molecule has 0 aliphatic heterocycles. The molecule has 0 aromatic carbocycles. The molecule has 0 unspecified atom stereocenters. The van der Waals surface area contributed by atoms with Gasteiger partial charge in [-0.05, 0) is 11.8 Å². The Bertz CT molecular complexity index is 71.5. The molecule has 0 heterocycles. The number of halogens is 2. The van der Waals surface area contributed by atoms with Gasteiger partial charge in [-0.2, -0.15) is 0 Å². The van der Waals surface area contributed by atoms with Crippen molar-refractivity contribution in [3.63, 3.8) is 0 Å². The van der Waals surface area contributed by atoms with Crippen molar-refractivity contribution in [2.75, 3.05) is 18.4 Å². The van der Waals surface area contributed by atoms with E-state index in [1.165, 1.54) is 0 Å². The van der Waals surface area contributed by atoms with Crippen LogP contribution in [0.3, 0.4) is 0 Å². The summed E-state index contributed by atoms with van der Waals surface area (Å²) in [7, 11) is 0. The Morgan fingerprint density at radius 2 is 1.78 bits per heavy atom. The highest BCUT2D eigenvalue weighted by Gasteiger charge is 2.20. The zero-order valence-corrected chi connectivity index (χ0v) is 7.00. The molecule has 0 aromatic rings. The normalized spacial score (nSPS) is 12.0. The number of hydrogen-bond donors (Lipinski definition) is 0. The molecule has 0 saturated heterocycles. The van der Waals surface area contributed by atoms with Gasteiger partial charge in [-0.3, -0.25) is 0 Å². The van der Waals surface area contributed by atoms with Crippen molar-refractivity contribution in [3.8, 4) is 0 Å². The van der Waals surface area contributed by atoms with Crippen molar-refractivity contribution in [2.24, 2.45) is 5.41 Å². The first-order chi connectivity index (χ1) is 4.18. The Morgan fingerprint density at radius 1 is 1.33 bits per heavy atom. The van der Waals surface area contributed by atoms with Gasteiger partial charge in [-0.25, -0.2) is 5.11 Å². The quantitative estimate of drug-likeness (QED) is 0.577. The van der Waals surface area contributed by atoms with Crippen LogP contribution in [-0.2, 0) is 5.11 Å². The molecule has 55 valence electrons. The fraction of sp³-hybridized carbons (Fsp3) is 1.00. The van der Waals surface area contributed by atoms with E-state index < -0.39 is 0 Å². The van der Waals surface area contributed by atoms with Gasteiger partial charge < -0.3 is 0 Å². The van der Waals surface area contributed by atoms with E-state index >= 15 is 0 Å². The zero-order chi connectivity index (χ0) is 7.33. The van der Waals surface area contributed by atoms with Crippen LogP contribution in [0.15, 0.2) is 0 Å². The highest BCUT2D eigenvalue weighted by Crippen LogP contribution is 2.23. The molecule has 1 nitrogen and oxygen atoms in total. The first-order valence-corrected chi connectivity index (χ1v) is 3.95. The lowest BCUT2D eigenvalue weighted by Gasteiger charge is -2.21. The lowest BCUT2D eigenvalue weighted by molar-refractivity contribution is 0.154. The summed E-state index contributed by atoms with van der Waals surface area (Å²) in [6.45, 7) is 1.83. The summed E-state index contributed by atoms with van der Waals surface area (Å²) in [4.78, 5) is 0. The number of hydrogen-bond acceptors (Lipinski definition) is 0. The number of rotatable bonds is 4. The number of alkyl halides is 2. The van der Waals surface area contributed by atoms with E-state index in [0.29, 0.717) is 18.2 Å². The average molecular weight is 170 g/mol. The minimum Gasteiger partial charge on any atom is -0.237 e. The molecule has 0 spiro atoms. The van der Waals surface area contributed by atoms with E-state index in [1.807, 2.05) is 6.92 Å². The Morgan fingerprint density at radius 3 is 1.89 bits per heavy atom. The summed E-state index contributed by atoms with van der Waals surface area (Å²) in [5.41, 5.74) is -0.148. The second-order valence-corrected chi connectivity index (χ2v) is 3.07. The van der Waals surface area contributed by atoms with Crippen molar-refractivity contribution in [1.82, 2.24) is 0 Å². The fourth-order valence-electron chi connectivity index (χ4n) is 0.416. The van der Waals surface area contributed by atoms with Crippen molar-refractivity contribution in [3.05, 3.63) is 0 Å². The topological polar surface area (TPSA) is 19.9 Å². The highest BCUT2D eigenvalue weighted by atomic mass is 35.5. The summed E-state index contributed by atoms with van der Waals surface area (Å²) in [5.74, 6) is 0.942. The lowest BCUT2D eigenvalue weighted by atomic mass is 9.92. The van der Waals surface area contributed by atoms with Crippen LogP contribution in [0.2, 0.25) is 0 Å². The maximum absolute atomic E-state index is 10.1. The summed E-state index contributed by atoms with van der Waals surface area (Å²) >= 11 is 11.1. The maximum Gasteiger partial charge on any atom is 0.0828 e.